The lowest BCUT2D eigenvalue weighted by molar-refractivity contribution is 0.282. The molecule has 3 heteroatoms. The van der Waals surface area contributed by atoms with Gasteiger partial charge in [-0.2, -0.15) is 0 Å². The number of aliphatic hydroxyl groups is 1. The highest BCUT2D eigenvalue weighted by Gasteiger charge is 2.18. The summed E-state index contributed by atoms with van der Waals surface area (Å²) in [5.74, 6) is 0. The van der Waals surface area contributed by atoms with Crippen molar-refractivity contribution in [1.29, 1.82) is 0 Å². The highest BCUT2D eigenvalue weighted by molar-refractivity contribution is 5.46. The number of aliphatic hydroxyl groups excluding tert-OH is 1. The Morgan fingerprint density at radius 1 is 1.53 bits per heavy atom. The molecule has 1 heterocycles. The van der Waals surface area contributed by atoms with Crippen molar-refractivity contribution in [3.63, 3.8) is 0 Å². The molecular weight excluding hydrogens is 188 g/mol. The maximum Gasteiger partial charge on any atom is 0.0682 e. The molecule has 1 aliphatic heterocycles. The molecule has 15 heavy (non-hydrogen) atoms. The standard InChI is InChI=1S/C12H18N2O/c1-14-6-5-12(8-14)13-11-4-2-3-10(7-11)9-15/h2-4,7,12-13,15H,5-6,8-9H2,1H3. The highest BCUT2D eigenvalue weighted by atomic mass is 16.3. The van der Waals surface area contributed by atoms with Gasteiger partial charge in [0, 0.05) is 18.3 Å². The Bertz CT molecular complexity index is 327. The van der Waals surface area contributed by atoms with Crippen LogP contribution in [0.4, 0.5) is 5.69 Å². The van der Waals surface area contributed by atoms with Crippen LogP contribution in [-0.4, -0.2) is 36.2 Å². The molecule has 1 aromatic carbocycles. The van der Waals surface area contributed by atoms with Crippen LogP contribution in [-0.2, 0) is 6.61 Å². The van der Waals surface area contributed by atoms with E-state index >= 15 is 0 Å². The zero-order valence-electron chi connectivity index (χ0n) is 9.11. The molecule has 0 radical (unpaired) electrons. The number of nitrogens with one attached hydrogen (secondary N) is 1. The molecule has 0 saturated carbocycles. The number of hydrogen-bond donors (Lipinski definition) is 2. The predicted octanol–water partition coefficient (Wildman–Crippen LogP) is 1.29. The molecule has 0 aliphatic carbocycles. The number of likely N-dealkylation sites (tertiary alicyclic amines) is 1. The van der Waals surface area contributed by atoms with Gasteiger partial charge in [-0.25, -0.2) is 0 Å². The lowest BCUT2D eigenvalue weighted by Gasteiger charge is -2.14. The van der Waals surface area contributed by atoms with Crippen LogP contribution >= 0.6 is 0 Å². The molecule has 1 atom stereocenters. The summed E-state index contributed by atoms with van der Waals surface area (Å²) in [4.78, 5) is 2.33. The van der Waals surface area contributed by atoms with Crippen molar-refractivity contribution in [3.8, 4) is 0 Å². The molecule has 1 aromatic rings. The van der Waals surface area contributed by atoms with Gasteiger partial charge in [0.25, 0.3) is 0 Å². The summed E-state index contributed by atoms with van der Waals surface area (Å²) in [5, 5.41) is 12.5. The molecule has 0 amide bonds. The minimum atomic E-state index is 0.111. The van der Waals surface area contributed by atoms with Crippen molar-refractivity contribution < 1.29 is 5.11 Å². The summed E-state index contributed by atoms with van der Waals surface area (Å²) in [6.07, 6.45) is 1.19. The van der Waals surface area contributed by atoms with Crippen LogP contribution in [0.2, 0.25) is 0 Å². The molecule has 1 unspecified atom stereocenters. The first kappa shape index (κ1) is 10.5. The quantitative estimate of drug-likeness (QED) is 0.782. The molecule has 82 valence electrons. The van der Waals surface area contributed by atoms with Gasteiger partial charge in [-0.15, -0.1) is 0 Å². The van der Waals surface area contributed by atoms with Gasteiger partial charge in [-0.05, 0) is 37.7 Å². The van der Waals surface area contributed by atoms with Gasteiger partial charge in [-0.1, -0.05) is 12.1 Å². The second-order valence-corrected chi connectivity index (χ2v) is 4.25. The summed E-state index contributed by atoms with van der Waals surface area (Å²) in [6, 6.07) is 8.53. The van der Waals surface area contributed by atoms with Gasteiger partial charge < -0.3 is 15.3 Å². The summed E-state index contributed by atoms with van der Waals surface area (Å²) in [6.45, 7) is 2.38. The maximum absolute atomic E-state index is 9.03. The molecule has 1 aliphatic rings. The van der Waals surface area contributed by atoms with E-state index in [1.54, 1.807) is 0 Å². The Balaban J connectivity index is 1.98. The fourth-order valence-electron chi connectivity index (χ4n) is 2.05. The number of anilines is 1. The smallest absolute Gasteiger partial charge is 0.0682 e. The molecule has 0 aromatic heterocycles. The monoisotopic (exact) mass is 206 g/mol. The molecule has 1 saturated heterocycles. The van der Waals surface area contributed by atoms with E-state index in [0.29, 0.717) is 6.04 Å². The average molecular weight is 206 g/mol. The van der Waals surface area contributed by atoms with Crippen molar-refractivity contribution in [2.75, 3.05) is 25.5 Å². The molecule has 0 spiro atoms. The van der Waals surface area contributed by atoms with Crippen molar-refractivity contribution in [2.45, 2.75) is 19.1 Å². The second kappa shape index (κ2) is 4.64. The van der Waals surface area contributed by atoms with Crippen molar-refractivity contribution >= 4 is 5.69 Å². The van der Waals surface area contributed by atoms with Crippen molar-refractivity contribution in [1.82, 2.24) is 4.90 Å². The van der Waals surface area contributed by atoms with E-state index in [4.69, 9.17) is 5.11 Å². The molecule has 0 bridgehead atoms. The number of nitrogens with zero attached hydrogens (tertiary/aromatic N) is 1. The normalized spacial score (nSPS) is 21.9. The Hall–Kier alpha value is -1.06. The van der Waals surface area contributed by atoms with E-state index < -0.39 is 0 Å². The number of hydrogen-bond acceptors (Lipinski definition) is 3. The predicted molar refractivity (Wildman–Crippen MR) is 61.9 cm³/mol. The highest BCUT2D eigenvalue weighted by Crippen LogP contribution is 2.16. The Labute approximate surface area is 90.7 Å². The average Bonchev–Trinajstić information content (AvgIpc) is 2.64. The van der Waals surface area contributed by atoms with Gasteiger partial charge in [-0.3, -0.25) is 0 Å². The first-order chi connectivity index (χ1) is 7.28. The molecule has 3 nitrogen and oxygen atoms in total. The van der Waals surface area contributed by atoms with Crippen LogP contribution in [0.1, 0.15) is 12.0 Å². The van der Waals surface area contributed by atoms with Crippen LogP contribution in [0, 0.1) is 0 Å². The lowest BCUT2D eigenvalue weighted by Crippen LogP contribution is -2.23. The summed E-state index contributed by atoms with van der Waals surface area (Å²) < 4.78 is 0. The van der Waals surface area contributed by atoms with E-state index in [-0.39, 0.29) is 6.61 Å². The van der Waals surface area contributed by atoms with E-state index in [2.05, 4.69) is 23.3 Å². The van der Waals surface area contributed by atoms with Gasteiger partial charge in [0.05, 0.1) is 6.61 Å². The van der Waals surface area contributed by atoms with E-state index in [9.17, 15) is 0 Å². The fraction of sp³-hybridized carbons (Fsp3) is 0.500. The van der Waals surface area contributed by atoms with Crippen LogP contribution in [0.5, 0.6) is 0 Å². The van der Waals surface area contributed by atoms with Crippen LogP contribution < -0.4 is 5.32 Å². The number of benzene rings is 1. The Morgan fingerprint density at radius 3 is 3.07 bits per heavy atom. The SMILES string of the molecule is CN1CCC(Nc2cccc(CO)c2)C1. The largest absolute Gasteiger partial charge is 0.392 e. The van der Waals surface area contributed by atoms with Crippen LogP contribution in [0.25, 0.3) is 0 Å². The lowest BCUT2D eigenvalue weighted by atomic mass is 10.2. The number of likely N-dealkylation sites (N-methyl/N-ethyl adjacent to an activating group) is 1. The fourth-order valence-corrected chi connectivity index (χ4v) is 2.05. The zero-order chi connectivity index (χ0) is 10.7. The van der Waals surface area contributed by atoms with Gasteiger partial charge in [0.2, 0.25) is 0 Å². The van der Waals surface area contributed by atoms with Gasteiger partial charge in [0.15, 0.2) is 0 Å². The first-order valence-corrected chi connectivity index (χ1v) is 5.43. The molecule has 2 rings (SSSR count). The van der Waals surface area contributed by atoms with E-state index in [0.717, 1.165) is 24.3 Å². The third-order valence-corrected chi connectivity index (χ3v) is 2.87. The van der Waals surface area contributed by atoms with E-state index in [1.807, 2.05) is 18.2 Å². The topological polar surface area (TPSA) is 35.5 Å². The van der Waals surface area contributed by atoms with E-state index in [1.165, 1.54) is 6.42 Å². The van der Waals surface area contributed by atoms with Crippen molar-refractivity contribution in [3.05, 3.63) is 29.8 Å². The van der Waals surface area contributed by atoms with Gasteiger partial charge >= 0.3 is 0 Å². The molecular formula is C12H18N2O. The minimum absolute atomic E-state index is 0.111. The summed E-state index contributed by atoms with van der Waals surface area (Å²) >= 11 is 0. The summed E-state index contributed by atoms with van der Waals surface area (Å²) in [7, 11) is 2.14. The maximum atomic E-state index is 9.03. The molecule has 2 N–H and O–H groups in total. The Morgan fingerprint density at radius 2 is 2.40 bits per heavy atom. The third-order valence-electron chi connectivity index (χ3n) is 2.87. The second-order valence-electron chi connectivity index (χ2n) is 4.25. The van der Waals surface area contributed by atoms with Gasteiger partial charge in [0.1, 0.15) is 0 Å². The number of rotatable bonds is 3. The zero-order valence-corrected chi connectivity index (χ0v) is 9.11. The first-order valence-electron chi connectivity index (χ1n) is 5.43. The Kier molecular flexibility index (Phi) is 3.23. The third kappa shape index (κ3) is 2.70. The van der Waals surface area contributed by atoms with Crippen molar-refractivity contribution in [2.24, 2.45) is 0 Å². The summed E-state index contributed by atoms with van der Waals surface area (Å²) in [5.41, 5.74) is 2.08. The van der Waals surface area contributed by atoms with Crippen LogP contribution in [0.3, 0.4) is 0 Å². The molecule has 1 fully saturated rings. The van der Waals surface area contributed by atoms with Crippen LogP contribution in [0.15, 0.2) is 24.3 Å². The minimum Gasteiger partial charge on any atom is -0.392 e.